The van der Waals surface area contributed by atoms with Gasteiger partial charge < -0.3 is 5.73 Å². The average Bonchev–Trinajstić information content (AvgIpc) is 2.80. The molecule has 1 heterocycles. The highest BCUT2D eigenvalue weighted by Gasteiger charge is 2.50. The molecule has 17 heavy (non-hydrogen) atoms. The van der Waals surface area contributed by atoms with E-state index < -0.39 is 0 Å². The van der Waals surface area contributed by atoms with Gasteiger partial charge in [0.2, 0.25) is 0 Å². The van der Waals surface area contributed by atoms with Gasteiger partial charge in [0.05, 0.1) is 6.04 Å². The van der Waals surface area contributed by atoms with Crippen molar-refractivity contribution in [2.24, 2.45) is 35.3 Å². The van der Waals surface area contributed by atoms with Gasteiger partial charge in [-0.15, -0.1) is 10.2 Å². The van der Waals surface area contributed by atoms with Crippen molar-refractivity contribution in [2.75, 3.05) is 0 Å². The first-order valence-electron chi connectivity index (χ1n) is 6.80. The van der Waals surface area contributed by atoms with Crippen LogP contribution in [0.2, 0.25) is 0 Å². The van der Waals surface area contributed by atoms with Crippen molar-refractivity contribution in [3.05, 3.63) is 5.82 Å². The fourth-order valence-corrected chi connectivity index (χ4v) is 5.04. The Kier molecular flexibility index (Phi) is 2.06. The molecule has 4 fully saturated rings. The van der Waals surface area contributed by atoms with Crippen LogP contribution in [0.25, 0.3) is 0 Å². The number of rotatable bonds is 2. The molecule has 1 atom stereocenters. The zero-order valence-electron chi connectivity index (χ0n) is 9.92. The quantitative estimate of drug-likeness (QED) is 0.806. The monoisotopic (exact) mass is 233 g/mol. The Bertz CT molecular complexity index is 373. The molecule has 4 saturated carbocycles. The Morgan fingerprint density at radius 3 is 2.24 bits per heavy atom. The number of hydrogen-bond acceptors (Lipinski definition) is 4. The van der Waals surface area contributed by atoms with Gasteiger partial charge >= 0.3 is 0 Å². The van der Waals surface area contributed by atoms with E-state index in [2.05, 4.69) is 20.6 Å². The van der Waals surface area contributed by atoms with Crippen LogP contribution in [0.3, 0.4) is 0 Å². The van der Waals surface area contributed by atoms with Crippen LogP contribution in [0.1, 0.15) is 44.0 Å². The molecule has 4 aliphatic rings. The predicted octanol–water partition coefficient (Wildman–Crippen LogP) is 1.27. The third-order valence-electron chi connectivity index (χ3n) is 5.37. The highest BCUT2D eigenvalue weighted by Crippen LogP contribution is 2.58. The number of aromatic amines is 1. The Hall–Kier alpha value is -0.970. The fourth-order valence-electron chi connectivity index (χ4n) is 5.04. The van der Waals surface area contributed by atoms with E-state index in [1.54, 1.807) is 0 Å². The molecule has 5 heteroatoms. The summed E-state index contributed by atoms with van der Waals surface area (Å²) in [4.78, 5) is 0. The summed E-state index contributed by atoms with van der Waals surface area (Å²) in [6.45, 7) is 0. The normalized spacial score (nSPS) is 45.1. The molecule has 5 rings (SSSR count). The van der Waals surface area contributed by atoms with Crippen LogP contribution in [-0.4, -0.2) is 20.6 Å². The fraction of sp³-hybridized carbons (Fsp3) is 0.917. The lowest BCUT2D eigenvalue weighted by atomic mass is 9.50. The highest BCUT2D eigenvalue weighted by atomic mass is 15.5. The molecule has 1 unspecified atom stereocenters. The zero-order valence-corrected chi connectivity index (χ0v) is 9.92. The third-order valence-corrected chi connectivity index (χ3v) is 5.37. The van der Waals surface area contributed by atoms with Crippen LogP contribution in [0, 0.1) is 29.6 Å². The summed E-state index contributed by atoms with van der Waals surface area (Å²) in [5.74, 6) is 4.93. The summed E-state index contributed by atoms with van der Waals surface area (Å²) >= 11 is 0. The third kappa shape index (κ3) is 1.44. The standard InChI is InChI=1S/C12H19N5/c13-11(12-14-16-17-15-12)10-8-2-6-1-7(4-8)5-9(10)3-6/h6-11H,1-5,13H2,(H,14,15,16,17). The molecule has 1 aromatic heterocycles. The first kappa shape index (κ1) is 10.00. The van der Waals surface area contributed by atoms with E-state index in [0.29, 0.717) is 11.7 Å². The van der Waals surface area contributed by atoms with E-state index in [1.807, 2.05) is 0 Å². The van der Waals surface area contributed by atoms with E-state index in [9.17, 15) is 0 Å². The first-order valence-corrected chi connectivity index (χ1v) is 6.80. The van der Waals surface area contributed by atoms with E-state index in [1.165, 1.54) is 32.1 Å². The van der Waals surface area contributed by atoms with Crippen LogP contribution in [0.15, 0.2) is 0 Å². The maximum atomic E-state index is 6.38. The molecule has 0 radical (unpaired) electrons. The summed E-state index contributed by atoms with van der Waals surface area (Å²) in [6, 6.07) is -0.0104. The van der Waals surface area contributed by atoms with Gasteiger partial charge in [0, 0.05) is 0 Å². The average molecular weight is 233 g/mol. The molecule has 0 saturated heterocycles. The van der Waals surface area contributed by atoms with Crippen molar-refractivity contribution in [1.82, 2.24) is 20.6 Å². The van der Waals surface area contributed by atoms with Gasteiger partial charge in [-0.25, -0.2) is 0 Å². The molecule has 0 spiro atoms. The Labute approximate surface area is 101 Å². The minimum atomic E-state index is -0.0104. The van der Waals surface area contributed by atoms with Crippen molar-refractivity contribution in [3.8, 4) is 0 Å². The lowest BCUT2D eigenvalue weighted by Crippen LogP contribution is -2.48. The Morgan fingerprint density at radius 1 is 1.06 bits per heavy atom. The molecule has 1 aromatic rings. The van der Waals surface area contributed by atoms with Crippen molar-refractivity contribution in [3.63, 3.8) is 0 Å². The second-order valence-electron chi connectivity index (χ2n) is 6.30. The number of tetrazole rings is 1. The SMILES string of the molecule is NC(c1nn[nH]n1)C1C2CC3CC(C2)CC1C3. The summed E-state index contributed by atoms with van der Waals surface area (Å²) in [6.07, 6.45) is 7.05. The number of H-pyrrole nitrogens is 1. The van der Waals surface area contributed by atoms with Gasteiger partial charge in [-0.2, -0.15) is 5.21 Å². The summed E-state index contributed by atoms with van der Waals surface area (Å²) in [7, 11) is 0. The van der Waals surface area contributed by atoms with Crippen LogP contribution in [0.4, 0.5) is 0 Å². The molecule has 4 aliphatic carbocycles. The Morgan fingerprint density at radius 2 is 1.71 bits per heavy atom. The number of nitrogens with zero attached hydrogens (tertiary/aromatic N) is 3. The Balaban J connectivity index is 1.62. The molecule has 0 amide bonds. The van der Waals surface area contributed by atoms with Crippen molar-refractivity contribution >= 4 is 0 Å². The molecular weight excluding hydrogens is 214 g/mol. The first-order chi connectivity index (χ1) is 8.31. The molecular formula is C12H19N5. The van der Waals surface area contributed by atoms with E-state index >= 15 is 0 Å². The van der Waals surface area contributed by atoms with E-state index in [0.717, 1.165) is 23.7 Å². The van der Waals surface area contributed by atoms with Crippen LogP contribution >= 0.6 is 0 Å². The van der Waals surface area contributed by atoms with Gasteiger partial charge in [-0.3, -0.25) is 0 Å². The van der Waals surface area contributed by atoms with Gasteiger partial charge in [0.25, 0.3) is 0 Å². The number of nitrogens with two attached hydrogens (primary N) is 1. The maximum absolute atomic E-state index is 6.38. The summed E-state index contributed by atoms with van der Waals surface area (Å²) < 4.78 is 0. The minimum absolute atomic E-state index is 0.0104. The van der Waals surface area contributed by atoms with Crippen LogP contribution < -0.4 is 5.73 Å². The minimum Gasteiger partial charge on any atom is -0.321 e. The van der Waals surface area contributed by atoms with E-state index in [4.69, 9.17) is 5.73 Å². The summed E-state index contributed by atoms with van der Waals surface area (Å²) in [5.41, 5.74) is 6.38. The topological polar surface area (TPSA) is 80.5 Å². The molecule has 92 valence electrons. The van der Waals surface area contributed by atoms with Crippen molar-refractivity contribution in [1.29, 1.82) is 0 Å². The number of nitrogens with one attached hydrogen (secondary N) is 1. The lowest BCUT2D eigenvalue weighted by Gasteiger charge is -2.55. The van der Waals surface area contributed by atoms with Gasteiger partial charge in [0.15, 0.2) is 5.82 Å². The number of aromatic nitrogens is 4. The van der Waals surface area contributed by atoms with Crippen molar-refractivity contribution in [2.45, 2.75) is 38.1 Å². The van der Waals surface area contributed by atoms with Gasteiger partial charge in [0.1, 0.15) is 0 Å². The largest absolute Gasteiger partial charge is 0.321 e. The summed E-state index contributed by atoms with van der Waals surface area (Å²) in [5, 5.41) is 14.3. The van der Waals surface area contributed by atoms with Crippen LogP contribution in [0.5, 0.6) is 0 Å². The molecule has 0 aromatic carbocycles. The van der Waals surface area contributed by atoms with E-state index in [-0.39, 0.29) is 6.04 Å². The van der Waals surface area contributed by atoms with Crippen LogP contribution in [-0.2, 0) is 0 Å². The molecule has 5 nitrogen and oxygen atoms in total. The lowest BCUT2D eigenvalue weighted by molar-refractivity contribution is -0.0482. The molecule has 0 aliphatic heterocycles. The second kappa shape index (κ2) is 3.51. The second-order valence-corrected chi connectivity index (χ2v) is 6.30. The van der Waals surface area contributed by atoms with Crippen molar-refractivity contribution < 1.29 is 0 Å². The molecule has 4 bridgehead atoms. The zero-order chi connectivity index (χ0) is 11.4. The smallest absolute Gasteiger partial charge is 0.191 e. The van der Waals surface area contributed by atoms with Gasteiger partial charge in [-0.1, -0.05) is 5.21 Å². The van der Waals surface area contributed by atoms with Gasteiger partial charge in [-0.05, 0) is 61.7 Å². The molecule has 3 N–H and O–H groups in total. The number of hydrogen-bond donors (Lipinski definition) is 2. The maximum Gasteiger partial charge on any atom is 0.191 e. The predicted molar refractivity (Wildman–Crippen MR) is 61.6 cm³/mol. The highest BCUT2D eigenvalue weighted by molar-refractivity contribution is 5.04.